The second-order valence-corrected chi connectivity index (χ2v) is 7.17. The van der Waals surface area contributed by atoms with Crippen LogP contribution in [0.25, 0.3) is 10.9 Å². The lowest BCUT2D eigenvalue weighted by Gasteiger charge is -2.15. The van der Waals surface area contributed by atoms with E-state index in [1.165, 1.54) is 9.75 Å². The molecule has 0 aliphatic rings. The van der Waals surface area contributed by atoms with E-state index >= 15 is 0 Å². The highest BCUT2D eigenvalue weighted by molar-refractivity contribution is 7.12. The molecule has 0 radical (unpaired) electrons. The van der Waals surface area contributed by atoms with Crippen molar-refractivity contribution in [2.75, 3.05) is 5.32 Å². The van der Waals surface area contributed by atoms with Gasteiger partial charge in [0, 0.05) is 27.4 Å². The number of hydrogen-bond acceptors (Lipinski definition) is 3. The first kappa shape index (κ1) is 13.2. The van der Waals surface area contributed by atoms with Crippen LogP contribution in [-0.4, -0.2) is 10.2 Å². The molecule has 3 nitrogen and oxygen atoms in total. The molecule has 4 heteroatoms. The Balaban J connectivity index is 1.76. The number of nitrogens with zero attached hydrogens (tertiary/aromatic N) is 1. The first-order chi connectivity index (χ1) is 9.54. The Morgan fingerprint density at radius 2 is 2.05 bits per heavy atom. The topological polar surface area (TPSA) is 40.7 Å². The summed E-state index contributed by atoms with van der Waals surface area (Å²) in [5.74, 6) is 0. The van der Waals surface area contributed by atoms with E-state index in [1.807, 2.05) is 29.7 Å². The summed E-state index contributed by atoms with van der Waals surface area (Å²) < 4.78 is 0. The van der Waals surface area contributed by atoms with E-state index in [9.17, 15) is 0 Å². The molecule has 20 heavy (non-hydrogen) atoms. The summed E-state index contributed by atoms with van der Waals surface area (Å²) in [7, 11) is 0. The maximum atomic E-state index is 4.09. The molecule has 2 aromatic heterocycles. The van der Waals surface area contributed by atoms with Gasteiger partial charge in [-0.1, -0.05) is 26.8 Å². The third-order valence-corrected chi connectivity index (χ3v) is 4.85. The molecule has 0 spiro atoms. The Morgan fingerprint density at radius 3 is 2.80 bits per heavy atom. The minimum Gasteiger partial charge on any atom is -0.380 e. The van der Waals surface area contributed by atoms with Gasteiger partial charge in [0.2, 0.25) is 0 Å². The van der Waals surface area contributed by atoms with E-state index in [1.54, 1.807) is 0 Å². The predicted molar refractivity (Wildman–Crippen MR) is 86.4 cm³/mol. The van der Waals surface area contributed by atoms with Gasteiger partial charge in [-0.25, -0.2) is 0 Å². The van der Waals surface area contributed by atoms with E-state index in [0.29, 0.717) is 0 Å². The summed E-state index contributed by atoms with van der Waals surface area (Å²) in [6, 6.07) is 10.6. The number of H-pyrrole nitrogens is 1. The number of fused-ring (bicyclic) bond motifs is 1. The summed E-state index contributed by atoms with van der Waals surface area (Å²) in [6.45, 7) is 7.61. The maximum Gasteiger partial charge on any atom is 0.0671 e. The first-order valence-corrected chi connectivity index (χ1v) is 7.61. The Kier molecular flexibility index (Phi) is 3.26. The molecule has 0 aliphatic heterocycles. The van der Waals surface area contributed by atoms with Crippen LogP contribution in [0.15, 0.2) is 36.5 Å². The summed E-state index contributed by atoms with van der Waals surface area (Å²) in [5.41, 5.74) is 2.42. The highest BCUT2D eigenvalue weighted by Crippen LogP contribution is 2.30. The number of rotatable bonds is 3. The van der Waals surface area contributed by atoms with Crippen LogP contribution in [0.3, 0.4) is 0 Å². The van der Waals surface area contributed by atoms with Crippen LogP contribution >= 0.6 is 11.3 Å². The van der Waals surface area contributed by atoms with E-state index < -0.39 is 0 Å². The van der Waals surface area contributed by atoms with Crippen molar-refractivity contribution in [1.82, 2.24) is 10.2 Å². The molecule has 0 saturated carbocycles. The molecule has 0 bridgehead atoms. The number of aromatic nitrogens is 2. The first-order valence-electron chi connectivity index (χ1n) is 6.79. The van der Waals surface area contributed by atoms with Crippen LogP contribution in [-0.2, 0) is 12.0 Å². The Labute approximate surface area is 123 Å². The van der Waals surface area contributed by atoms with Crippen molar-refractivity contribution in [2.45, 2.75) is 32.7 Å². The Morgan fingerprint density at radius 1 is 1.20 bits per heavy atom. The fourth-order valence-corrected chi connectivity index (χ4v) is 3.19. The molecule has 0 amide bonds. The second kappa shape index (κ2) is 4.94. The zero-order chi connectivity index (χ0) is 14.2. The average Bonchev–Trinajstić information content (AvgIpc) is 3.04. The van der Waals surface area contributed by atoms with Gasteiger partial charge in [-0.15, -0.1) is 11.3 Å². The molecular weight excluding hydrogens is 266 g/mol. The van der Waals surface area contributed by atoms with Crippen molar-refractivity contribution in [3.05, 3.63) is 46.3 Å². The van der Waals surface area contributed by atoms with Gasteiger partial charge in [-0.05, 0) is 29.7 Å². The van der Waals surface area contributed by atoms with Crippen LogP contribution in [0.1, 0.15) is 30.5 Å². The smallest absolute Gasteiger partial charge is 0.0671 e. The quantitative estimate of drug-likeness (QED) is 0.742. The minimum absolute atomic E-state index is 0.230. The Hall–Kier alpha value is -1.81. The lowest BCUT2D eigenvalue weighted by atomic mass is 9.95. The van der Waals surface area contributed by atoms with Gasteiger partial charge in [0.1, 0.15) is 0 Å². The van der Waals surface area contributed by atoms with Gasteiger partial charge in [0.05, 0.1) is 11.7 Å². The minimum atomic E-state index is 0.230. The molecule has 104 valence electrons. The summed E-state index contributed by atoms with van der Waals surface area (Å²) >= 11 is 1.88. The van der Waals surface area contributed by atoms with Crippen molar-refractivity contribution in [3.63, 3.8) is 0 Å². The standard InChI is InChI=1S/C16H19N3S/c1-16(2,3)15-8-7-11(20-15)9-17-13-5-4-6-14-12(13)10-18-19-14/h4-8,10,17H,9H2,1-3H3,(H,18,19). The predicted octanol–water partition coefficient (Wildman–Crippen LogP) is 4.53. The van der Waals surface area contributed by atoms with Crippen molar-refractivity contribution < 1.29 is 0 Å². The zero-order valence-corrected chi connectivity index (χ0v) is 12.8. The van der Waals surface area contributed by atoms with Crippen molar-refractivity contribution in [2.24, 2.45) is 0 Å². The lowest BCUT2D eigenvalue weighted by molar-refractivity contribution is 0.604. The maximum absolute atomic E-state index is 4.09. The molecule has 0 saturated heterocycles. The molecule has 3 rings (SSSR count). The molecule has 0 fully saturated rings. The van der Waals surface area contributed by atoms with Crippen LogP contribution in [0.4, 0.5) is 5.69 Å². The molecule has 2 N–H and O–H groups in total. The number of aromatic amines is 1. The van der Waals surface area contributed by atoms with Gasteiger partial charge in [-0.3, -0.25) is 5.10 Å². The van der Waals surface area contributed by atoms with E-state index in [0.717, 1.165) is 23.1 Å². The van der Waals surface area contributed by atoms with Gasteiger partial charge in [0.25, 0.3) is 0 Å². The highest BCUT2D eigenvalue weighted by Gasteiger charge is 2.15. The molecule has 0 unspecified atom stereocenters. The van der Waals surface area contributed by atoms with Crippen molar-refractivity contribution in [1.29, 1.82) is 0 Å². The highest BCUT2D eigenvalue weighted by atomic mass is 32.1. The molecule has 1 aromatic carbocycles. The third kappa shape index (κ3) is 2.56. The van der Waals surface area contributed by atoms with E-state index in [2.05, 4.69) is 54.5 Å². The fourth-order valence-electron chi connectivity index (χ4n) is 2.18. The van der Waals surface area contributed by atoms with Crippen LogP contribution in [0, 0.1) is 0 Å². The molecule has 3 aromatic rings. The van der Waals surface area contributed by atoms with Gasteiger partial charge >= 0.3 is 0 Å². The monoisotopic (exact) mass is 285 g/mol. The van der Waals surface area contributed by atoms with Gasteiger partial charge in [-0.2, -0.15) is 5.10 Å². The number of benzene rings is 1. The summed E-state index contributed by atoms with van der Waals surface area (Å²) in [4.78, 5) is 2.78. The number of nitrogens with one attached hydrogen (secondary N) is 2. The normalized spacial score (nSPS) is 11.9. The number of thiophene rings is 1. The number of anilines is 1. The van der Waals surface area contributed by atoms with Crippen LogP contribution in [0.2, 0.25) is 0 Å². The molecule has 0 aliphatic carbocycles. The van der Waals surface area contributed by atoms with E-state index in [-0.39, 0.29) is 5.41 Å². The van der Waals surface area contributed by atoms with E-state index in [4.69, 9.17) is 0 Å². The molecule has 0 atom stereocenters. The largest absolute Gasteiger partial charge is 0.380 e. The SMILES string of the molecule is CC(C)(C)c1ccc(CNc2cccc3[nH]ncc23)s1. The molecular formula is C16H19N3S. The van der Waals surface area contributed by atoms with Crippen molar-refractivity contribution in [3.8, 4) is 0 Å². The summed E-state index contributed by atoms with van der Waals surface area (Å²) in [5, 5.41) is 11.7. The lowest BCUT2D eigenvalue weighted by Crippen LogP contribution is -2.07. The zero-order valence-electron chi connectivity index (χ0n) is 12.0. The van der Waals surface area contributed by atoms with Gasteiger partial charge in [0.15, 0.2) is 0 Å². The van der Waals surface area contributed by atoms with Crippen molar-refractivity contribution >= 4 is 27.9 Å². The average molecular weight is 285 g/mol. The third-order valence-electron chi connectivity index (χ3n) is 3.34. The second-order valence-electron chi connectivity index (χ2n) is 6.01. The van der Waals surface area contributed by atoms with Gasteiger partial charge < -0.3 is 5.32 Å². The van der Waals surface area contributed by atoms with Crippen LogP contribution in [0.5, 0.6) is 0 Å². The van der Waals surface area contributed by atoms with Crippen LogP contribution < -0.4 is 5.32 Å². The number of hydrogen-bond donors (Lipinski definition) is 2. The Bertz CT molecular complexity index is 718. The molecule has 2 heterocycles. The summed E-state index contributed by atoms with van der Waals surface area (Å²) in [6.07, 6.45) is 1.87. The fraction of sp³-hybridized carbons (Fsp3) is 0.312.